The van der Waals surface area contributed by atoms with E-state index >= 15 is 0 Å². The van der Waals surface area contributed by atoms with Gasteiger partial charge in [0.05, 0.1) is 14.2 Å². The van der Waals surface area contributed by atoms with Crippen molar-refractivity contribution in [2.45, 2.75) is 38.8 Å². The summed E-state index contributed by atoms with van der Waals surface area (Å²) in [6, 6.07) is 3.15. The Morgan fingerprint density at radius 3 is 2.17 bits per heavy atom. The zero-order valence-electron chi connectivity index (χ0n) is 17.1. The molecule has 0 radical (unpaired) electrons. The lowest BCUT2D eigenvalue weighted by Crippen LogP contribution is -2.42. The highest BCUT2D eigenvalue weighted by molar-refractivity contribution is 5.74. The highest BCUT2D eigenvalue weighted by Crippen LogP contribution is 2.29. The van der Waals surface area contributed by atoms with E-state index in [4.69, 9.17) is 14.2 Å². The Labute approximate surface area is 173 Å². The molecule has 0 saturated carbocycles. The molecule has 0 saturated heterocycles. The minimum absolute atomic E-state index is 0.000184. The smallest absolute Gasteiger partial charge is 0.480 e. The van der Waals surface area contributed by atoms with Crippen LogP contribution in [-0.2, 0) is 30.2 Å². The molecule has 30 heavy (non-hydrogen) atoms. The second-order valence-electron chi connectivity index (χ2n) is 6.05. The average Bonchev–Trinajstić information content (AvgIpc) is 2.71. The highest BCUT2D eigenvalue weighted by Gasteiger charge is 2.21. The molecule has 1 rings (SSSR count). The van der Waals surface area contributed by atoms with E-state index in [0.717, 1.165) is 14.2 Å². The van der Waals surface area contributed by atoms with Gasteiger partial charge in [-0.05, 0) is 31.0 Å². The monoisotopic (exact) mass is 427 g/mol. The quantitative estimate of drug-likeness (QED) is 0.320. The lowest BCUT2D eigenvalue weighted by atomic mass is 10.0. The number of carbonyl (C=O) groups is 4. The van der Waals surface area contributed by atoms with Crippen molar-refractivity contribution >= 4 is 24.2 Å². The third kappa shape index (κ3) is 8.35. The van der Waals surface area contributed by atoms with Crippen molar-refractivity contribution < 1.29 is 48.0 Å². The van der Waals surface area contributed by atoms with Crippen LogP contribution >= 0.6 is 0 Å². The van der Waals surface area contributed by atoms with Crippen molar-refractivity contribution in [3.8, 4) is 11.5 Å². The molecular weight excluding hydrogens is 402 g/mol. The Hall–Kier alpha value is -3.34. The predicted octanol–water partition coefficient (Wildman–Crippen LogP) is 1.90. The summed E-state index contributed by atoms with van der Waals surface area (Å²) in [5.74, 6) is -1.79. The SMILES string of the molecule is CCC(=O)OC(C)CN[C@@H](Cc1ccc(OC(=O)OC)c(OC(=O)OC)c1)C(=O)O. The number of carboxylic acid groups (broad SMARTS) is 1. The Balaban J connectivity index is 2.94. The van der Waals surface area contributed by atoms with E-state index in [9.17, 15) is 24.3 Å². The van der Waals surface area contributed by atoms with Crippen LogP contribution in [0.15, 0.2) is 18.2 Å². The van der Waals surface area contributed by atoms with Crippen LogP contribution in [0.4, 0.5) is 9.59 Å². The van der Waals surface area contributed by atoms with Crippen LogP contribution in [0.3, 0.4) is 0 Å². The Morgan fingerprint density at radius 2 is 1.63 bits per heavy atom. The van der Waals surface area contributed by atoms with Crippen molar-refractivity contribution in [3.05, 3.63) is 23.8 Å². The van der Waals surface area contributed by atoms with E-state index in [-0.39, 0.29) is 36.9 Å². The number of carboxylic acids is 1. The fraction of sp³-hybridized carbons (Fsp3) is 0.474. The fourth-order valence-electron chi connectivity index (χ4n) is 2.25. The van der Waals surface area contributed by atoms with Gasteiger partial charge in [0.1, 0.15) is 12.1 Å². The van der Waals surface area contributed by atoms with E-state index in [0.29, 0.717) is 5.56 Å². The molecule has 0 aliphatic rings. The molecular formula is C19H25NO10. The molecule has 2 atom stereocenters. The summed E-state index contributed by atoms with van der Waals surface area (Å²) >= 11 is 0. The Bertz CT molecular complexity index is 764. The third-order valence-electron chi connectivity index (χ3n) is 3.74. The van der Waals surface area contributed by atoms with Crippen molar-refractivity contribution in [2.24, 2.45) is 0 Å². The van der Waals surface area contributed by atoms with Gasteiger partial charge >= 0.3 is 24.2 Å². The van der Waals surface area contributed by atoms with E-state index in [2.05, 4.69) is 14.8 Å². The molecule has 0 fully saturated rings. The number of hydrogen-bond donors (Lipinski definition) is 2. The molecule has 0 spiro atoms. The molecule has 0 aromatic heterocycles. The minimum atomic E-state index is -1.13. The first-order valence-corrected chi connectivity index (χ1v) is 9.00. The van der Waals surface area contributed by atoms with Crippen LogP contribution in [0, 0.1) is 0 Å². The molecule has 11 nitrogen and oxygen atoms in total. The maximum absolute atomic E-state index is 11.6. The van der Waals surface area contributed by atoms with Crippen molar-refractivity contribution in [3.63, 3.8) is 0 Å². The Kier molecular flexibility index (Phi) is 10.1. The number of ether oxygens (including phenoxy) is 5. The highest BCUT2D eigenvalue weighted by atomic mass is 16.7. The van der Waals surface area contributed by atoms with Crippen LogP contribution in [0.2, 0.25) is 0 Å². The van der Waals surface area contributed by atoms with Gasteiger partial charge < -0.3 is 34.1 Å². The summed E-state index contributed by atoms with van der Waals surface area (Å²) < 4.78 is 23.8. The number of hydrogen-bond acceptors (Lipinski definition) is 10. The topological polar surface area (TPSA) is 147 Å². The molecule has 166 valence electrons. The number of rotatable bonds is 10. The minimum Gasteiger partial charge on any atom is -0.480 e. The first kappa shape index (κ1) is 24.7. The second kappa shape index (κ2) is 12.3. The van der Waals surface area contributed by atoms with Gasteiger partial charge in [-0.25, -0.2) is 9.59 Å². The van der Waals surface area contributed by atoms with E-state index in [1.54, 1.807) is 13.8 Å². The Morgan fingerprint density at radius 1 is 1.03 bits per heavy atom. The molecule has 0 bridgehead atoms. The van der Waals surface area contributed by atoms with Crippen LogP contribution in [-0.4, -0.2) is 62.3 Å². The molecule has 2 N–H and O–H groups in total. The predicted molar refractivity (Wildman–Crippen MR) is 101 cm³/mol. The van der Waals surface area contributed by atoms with Gasteiger partial charge in [-0.3, -0.25) is 9.59 Å². The number of esters is 1. The third-order valence-corrected chi connectivity index (χ3v) is 3.74. The average molecular weight is 427 g/mol. The lowest BCUT2D eigenvalue weighted by molar-refractivity contribution is -0.147. The van der Waals surface area contributed by atoms with Crippen LogP contribution in [0.25, 0.3) is 0 Å². The van der Waals surface area contributed by atoms with Gasteiger partial charge in [0.15, 0.2) is 11.5 Å². The van der Waals surface area contributed by atoms with Gasteiger partial charge in [0.2, 0.25) is 0 Å². The fourth-order valence-corrected chi connectivity index (χ4v) is 2.25. The summed E-state index contributed by atoms with van der Waals surface area (Å²) in [5, 5.41) is 12.3. The zero-order valence-corrected chi connectivity index (χ0v) is 17.1. The first-order valence-electron chi connectivity index (χ1n) is 9.00. The molecule has 0 heterocycles. The van der Waals surface area contributed by atoms with Crippen molar-refractivity contribution in [1.29, 1.82) is 0 Å². The van der Waals surface area contributed by atoms with Crippen LogP contribution in [0.1, 0.15) is 25.8 Å². The van der Waals surface area contributed by atoms with Gasteiger partial charge in [0, 0.05) is 13.0 Å². The number of benzene rings is 1. The first-order chi connectivity index (χ1) is 14.2. The largest absolute Gasteiger partial charge is 0.513 e. The molecule has 1 unspecified atom stereocenters. The molecule has 0 amide bonds. The van der Waals surface area contributed by atoms with E-state index in [1.165, 1.54) is 18.2 Å². The summed E-state index contributed by atoms with van der Waals surface area (Å²) in [7, 11) is 2.21. The van der Waals surface area contributed by atoms with Gasteiger partial charge in [-0.2, -0.15) is 0 Å². The van der Waals surface area contributed by atoms with Gasteiger partial charge in [-0.1, -0.05) is 13.0 Å². The van der Waals surface area contributed by atoms with Crippen LogP contribution < -0.4 is 14.8 Å². The van der Waals surface area contributed by atoms with E-state index < -0.39 is 30.4 Å². The van der Waals surface area contributed by atoms with Crippen molar-refractivity contribution in [1.82, 2.24) is 5.32 Å². The number of nitrogens with one attached hydrogen (secondary N) is 1. The summed E-state index contributed by atoms with van der Waals surface area (Å²) in [6.07, 6.45) is -2.39. The molecule has 1 aromatic rings. The maximum Gasteiger partial charge on any atom is 0.513 e. The molecule has 1 aromatic carbocycles. The second-order valence-corrected chi connectivity index (χ2v) is 6.05. The van der Waals surface area contributed by atoms with Gasteiger partial charge in [-0.15, -0.1) is 0 Å². The summed E-state index contributed by atoms with van der Waals surface area (Å²) in [4.78, 5) is 45.7. The standard InChI is InChI=1S/C19H25NO10/c1-5-16(21)28-11(2)10-20-13(17(22)23)8-12-6-7-14(29-18(24)26-3)15(9-12)30-19(25)27-4/h6-7,9,11,13,20H,5,8,10H2,1-4H3,(H,22,23)/t11?,13-/m0/s1. The molecule has 0 aliphatic heterocycles. The summed E-state index contributed by atoms with van der Waals surface area (Å²) in [5.41, 5.74) is 0.462. The van der Waals surface area contributed by atoms with Crippen LogP contribution in [0.5, 0.6) is 11.5 Å². The number of carbonyl (C=O) groups excluding carboxylic acids is 3. The molecule has 0 aliphatic carbocycles. The molecule has 11 heteroatoms. The summed E-state index contributed by atoms with van der Waals surface area (Å²) in [6.45, 7) is 3.42. The van der Waals surface area contributed by atoms with Crippen molar-refractivity contribution in [2.75, 3.05) is 20.8 Å². The number of methoxy groups -OCH3 is 2. The van der Waals surface area contributed by atoms with E-state index in [1.807, 2.05) is 0 Å². The zero-order chi connectivity index (χ0) is 22.7. The normalized spacial score (nSPS) is 12.3. The lowest BCUT2D eigenvalue weighted by Gasteiger charge is -2.19. The van der Waals surface area contributed by atoms with Gasteiger partial charge in [0.25, 0.3) is 0 Å². The number of aliphatic carboxylic acids is 1. The maximum atomic E-state index is 11.6.